The number of unbranched alkanes of at least 4 members (excludes halogenated alkanes) is 3. The number of fused-ring (bicyclic) bond motifs is 4. The van der Waals surface area contributed by atoms with Crippen LogP contribution < -0.4 is 18.9 Å². The molecule has 5 aromatic carbocycles. The third-order valence-electron chi connectivity index (χ3n) is 10.5. The van der Waals surface area contributed by atoms with Crippen LogP contribution >= 0.6 is 0 Å². The second-order valence-corrected chi connectivity index (χ2v) is 14.1. The molecule has 0 bridgehead atoms. The average molecular weight is 737 g/mol. The summed E-state index contributed by atoms with van der Waals surface area (Å²) < 4.78 is 23.5. The van der Waals surface area contributed by atoms with Crippen LogP contribution in [0, 0.1) is 0 Å². The summed E-state index contributed by atoms with van der Waals surface area (Å²) in [5, 5.41) is 9.31. The Hall–Kier alpha value is -5.99. The fourth-order valence-corrected chi connectivity index (χ4v) is 7.70. The monoisotopic (exact) mass is 736 g/mol. The molecule has 2 aliphatic rings. The lowest BCUT2D eigenvalue weighted by Gasteiger charge is -2.29. The van der Waals surface area contributed by atoms with Crippen LogP contribution in [-0.4, -0.2) is 29.6 Å². The molecule has 55 heavy (non-hydrogen) atoms. The quantitative estimate of drug-likeness (QED) is 0.0520. The molecule has 5 aromatic rings. The SMILES string of the molecule is CCCCCCOc1ccc(C(=O)Oc2ccc(C(=O)Oc3cccc4c3[C@]3(CCc5cccc(OC(=O)C=Cc6ccc(CO)cc6)c53)CC4)cc2)cc1. The van der Waals surface area contributed by atoms with Crippen LogP contribution in [0.4, 0.5) is 0 Å². The first-order chi connectivity index (χ1) is 26.9. The van der Waals surface area contributed by atoms with Gasteiger partial charge in [0.05, 0.1) is 24.3 Å². The predicted molar refractivity (Wildman–Crippen MR) is 210 cm³/mol. The van der Waals surface area contributed by atoms with E-state index in [0.29, 0.717) is 40.7 Å². The minimum absolute atomic E-state index is 0.0461. The Balaban J connectivity index is 1.03. The maximum absolute atomic E-state index is 13.6. The molecule has 0 unspecified atom stereocenters. The van der Waals surface area contributed by atoms with Gasteiger partial charge in [0, 0.05) is 22.6 Å². The van der Waals surface area contributed by atoms with Gasteiger partial charge in [-0.05, 0) is 121 Å². The minimum Gasteiger partial charge on any atom is -0.494 e. The third kappa shape index (κ3) is 8.40. The topological polar surface area (TPSA) is 108 Å². The smallest absolute Gasteiger partial charge is 0.343 e. The predicted octanol–water partition coefficient (Wildman–Crippen LogP) is 9.37. The van der Waals surface area contributed by atoms with Crippen LogP contribution in [0.5, 0.6) is 23.0 Å². The molecule has 0 saturated heterocycles. The second-order valence-electron chi connectivity index (χ2n) is 14.1. The Morgan fingerprint density at radius 2 is 1.24 bits per heavy atom. The number of hydrogen-bond donors (Lipinski definition) is 1. The molecule has 0 fully saturated rings. The van der Waals surface area contributed by atoms with E-state index in [0.717, 1.165) is 71.9 Å². The summed E-state index contributed by atoms with van der Waals surface area (Å²) in [6.45, 7) is 2.76. The Morgan fingerprint density at radius 3 is 1.84 bits per heavy atom. The number of benzene rings is 5. The minimum atomic E-state index is -0.534. The summed E-state index contributed by atoms with van der Waals surface area (Å²) in [4.78, 5) is 39.5. The van der Waals surface area contributed by atoms with Crippen molar-refractivity contribution >= 4 is 24.0 Å². The van der Waals surface area contributed by atoms with Gasteiger partial charge in [0.2, 0.25) is 0 Å². The number of aryl methyl sites for hydroxylation is 2. The van der Waals surface area contributed by atoms with Gasteiger partial charge in [-0.1, -0.05) is 74.7 Å². The van der Waals surface area contributed by atoms with Gasteiger partial charge in [0.1, 0.15) is 23.0 Å². The first kappa shape index (κ1) is 37.3. The number of carbonyl (C=O) groups excluding carboxylic acids is 3. The maximum Gasteiger partial charge on any atom is 0.343 e. The van der Waals surface area contributed by atoms with E-state index in [9.17, 15) is 19.5 Å². The highest BCUT2D eigenvalue weighted by atomic mass is 16.5. The highest BCUT2D eigenvalue weighted by Gasteiger charge is 2.49. The fraction of sp³-hybridized carbons (Fsp3) is 0.255. The van der Waals surface area contributed by atoms with E-state index < -0.39 is 23.3 Å². The maximum atomic E-state index is 13.6. The van der Waals surface area contributed by atoms with Gasteiger partial charge >= 0.3 is 17.9 Å². The van der Waals surface area contributed by atoms with Crippen LogP contribution in [-0.2, 0) is 29.7 Å². The Bertz CT molecular complexity index is 2180. The summed E-state index contributed by atoms with van der Waals surface area (Å²) in [6, 6.07) is 32.0. The molecule has 0 radical (unpaired) electrons. The van der Waals surface area contributed by atoms with E-state index >= 15 is 0 Å². The van der Waals surface area contributed by atoms with E-state index in [4.69, 9.17) is 18.9 Å². The molecular formula is C47H44O8. The molecule has 8 heteroatoms. The normalized spacial score (nSPS) is 15.5. The molecule has 2 aliphatic carbocycles. The Labute approximate surface area is 321 Å². The van der Waals surface area contributed by atoms with E-state index in [1.807, 2.05) is 36.4 Å². The van der Waals surface area contributed by atoms with Crippen molar-refractivity contribution in [1.82, 2.24) is 0 Å². The lowest BCUT2D eigenvalue weighted by Crippen LogP contribution is -2.24. The number of aliphatic hydroxyl groups is 1. The molecule has 1 atom stereocenters. The number of rotatable bonds is 14. The van der Waals surface area contributed by atoms with Crippen molar-refractivity contribution in [2.45, 2.75) is 70.3 Å². The van der Waals surface area contributed by atoms with Gasteiger partial charge in [-0.3, -0.25) is 0 Å². The van der Waals surface area contributed by atoms with Crippen molar-refractivity contribution in [2.24, 2.45) is 0 Å². The molecule has 1 N–H and O–H groups in total. The molecular weight excluding hydrogens is 693 g/mol. The molecule has 280 valence electrons. The van der Waals surface area contributed by atoms with Crippen molar-refractivity contribution in [2.75, 3.05) is 6.61 Å². The number of hydrogen-bond acceptors (Lipinski definition) is 8. The van der Waals surface area contributed by atoms with Crippen LogP contribution in [0.2, 0.25) is 0 Å². The highest BCUT2D eigenvalue weighted by Crippen LogP contribution is 2.57. The summed E-state index contributed by atoms with van der Waals surface area (Å²) in [7, 11) is 0. The van der Waals surface area contributed by atoms with Crippen LogP contribution in [0.25, 0.3) is 6.08 Å². The van der Waals surface area contributed by atoms with E-state index in [1.165, 1.54) is 18.9 Å². The van der Waals surface area contributed by atoms with Gasteiger partial charge in [0.25, 0.3) is 0 Å². The van der Waals surface area contributed by atoms with E-state index in [-0.39, 0.29) is 6.61 Å². The standard InChI is InChI=1S/C47H44O8/c1-2-3-4-5-30-52-38-21-17-36(18-22-38)45(50)53-39-23-19-37(20-24-39)46(51)55-41-11-7-9-35-27-29-47(44(35)41)28-26-34-8-6-10-40(43(34)47)54-42(49)25-16-32-12-14-33(31-48)15-13-32/h6-25,48H,2-5,26-31H2,1H3/t47-/m1/s1. The van der Waals surface area contributed by atoms with Crippen LogP contribution in [0.15, 0.2) is 115 Å². The summed E-state index contributed by atoms with van der Waals surface area (Å²) in [5.41, 5.74) is 5.93. The number of aliphatic hydroxyl groups excluding tert-OH is 1. The zero-order valence-corrected chi connectivity index (χ0v) is 30.9. The molecule has 7 rings (SSSR count). The zero-order chi connectivity index (χ0) is 38.2. The van der Waals surface area contributed by atoms with Gasteiger partial charge in [-0.15, -0.1) is 0 Å². The Morgan fingerprint density at radius 1 is 0.655 bits per heavy atom. The summed E-state index contributed by atoms with van der Waals surface area (Å²) in [6.07, 6.45) is 10.7. The molecule has 0 aliphatic heterocycles. The highest BCUT2D eigenvalue weighted by molar-refractivity contribution is 5.93. The van der Waals surface area contributed by atoms with Gasteiger partial charge < -0.3 is 24.1 Å². The lowest BCUT2D eigenvalue weighted by atomic mass is 9.76. The fourth-order valence-electron chi connectivity index (χ4n) is 7.70. The first-order valence-corrected chi connectivity index (χ1v) is 19.0. The molecule has 0 amide bonds. The molecule has 0 heterocycles. The van der Waals surface area contributed by atoms with E-state index in [2.05, 4.69) is 19.1 Å². The van der Waals surface area contributed by atoms with Crippen molar-refractivity contribution < 1.29 is 38.4 Å². The number of carbonyl (C=O) groups is 3. The summed E-state index contributed by atoms with van der Waals surface area (Å²) >= 11 is 0. The third-order valence-corrected chi connectivity index (χ3v) is 10.5. The molecule has 0 saturated carbocycles. The van der Waals surface area contributed by atoms with Crippen molar-refractivity contribution in [3.05, 3.63) is 160 Å². The average Bonchev–Trinajstić information content (AvgIpc) is 3.79. The van der Waals surface area contributed by atoms with Crippen LogP contribution in [0.3, 0.4) is 0 Å². The van der Waals surface area contributed by atoms with Crippen molar-refractivity contribution in [1.29, 1.82) is 0 Å². The largest absolute Gasteiger partial charge is 0.494 e. The lowest BCUT2D eigenvalue weighted by molar-refractivity contribution is -0.129. The number of esters is 3. The summed E-state index contributed by atoms with van der Waals surface area (Å²) in [5.74, 6) is 0.445. The van der Waals surface area contributed by atoms with Gasteiger partial charge in [-0.2, -0.15) is 0 Å². The molecule has 0 aromatic heterocycles. The van der Waals surface area contributed by atoms with Crippen LogP contribution in [0.1, 0.15) is 99.5 Å². The molecule has 8 nitrogen and oxygen atoms in total. The van der Waals surface area contributed by atoms with Crippen molar-refractivity contribution in [3.8, 4) is 23.0 Å². The van der Waals surface area contributed by atoms with Crippen molar-refractivity contribution in [3.63, 3.8) is 0 Å². The van der Waals surface area contributed by atoms with E-state index in [1.54, 1.807) is 66.7 Å². The number of ether oxygens (including phenoxy) is 4. The first-order valence-electron chi connectivity index (χ1n) is 19.0. The van der Waals surface area contributed by atoms with Gasteiger partial charge in [-0.25, -0.2) is 14.4 Å². The second kappa shape index (κ2) is 17.0. The molecule has 1 spiro atoms. The zero-order valence-electron chi connectivity index (χ0n) is 30.9. The van der Waals surface area contributed by atoms with Gasteiger partial charge in [0.15, 0.2) is 0 Å². The Kier molecular flexibility index (Phi) is 11.5.